The normalized spacial score (nSPS) is 11.3. The maximum Gasteiger partial charge on any atom is 0.150 e. The number of rotatable bonds is 9. The molecule has 5 heteroatoms. The minimum Gasteiger partial charge on any atom is -0.307 e. The van der Waals surface area contributed by atoms with Crippen LogP contribution in [0.4, 0.5) is 0 Å². The van der Waals surface area contributed by atoms with Crippen LogP contribution >= 0.6 is 0 Å². The average molecular weight is 233 g/mol. The fraction of sp³-hybridized carbons (Fsp3) is 0.700. The Balaban J connectivity index is 3.75. The molecule has 0 unspecified atom stereocenters. The van der Waals surface area contributed by atoms with Gasteiger partial charge in [-0.15, -0.1) is 6.58 Å². The van der Waals surface area contributed by atoms with Crippen molar-refractivity contribution in [3.8, 4) is 0 Å². The van der Waals surface area contributed by atoms with Crippen LogP contribution in [0.5, 0.6) is 0 Å². The number of ketones is 1. The van der Waals surface area contributed by atoms with Gasteiger partial charge in [-0.1, -0.05) is 13.0 Å². The first kappa shape index (κ1) is 14.3. The van der Waals surface area contributed by atoms with Crippen LogP contribution in [0.2, 0.25) is 0 Å². The van der Waals surface area contributed by atoms with Crippen molar-refractivity contribution < 1.29 is 13.2 Å². The second kappa shape index (κ2) is 7.59. The Morgan fingerprint density at radius 1 is 1.40 bits per heavy atom. The van der Waals surface area contributed by atoms with Crippen molar-refractivity contribution in [2.24, 2.45) is 0 Å². The van der Waals surface area contributed by atoms with Gasteiger partial charge in [-0.2, -0.15) is 0 Å². The van der Waals surface area contributed by atoms with Gasteiger partial charge in [0.1, 0.15) is 5.78 Å². The SMILES string of the molecule is C=CCNCC(=O)CCS(=O)(=O)CCC. The van der Waals surface area contributed by atoms with Crippen molar-refractivity contribution in [1.82, 2.24) is 5.32 Å². The second-order valence-electron chi connectivity index (χ2n) is 3.36. The molecule has 0 atom stereocenters. The van der Waals surface area contributed by atoms with Gasteiger partial charge in [0.15, 0.2) is 9.84 Å². The molecule has 4 nitrogen and oxygen atoms in total. The molecule has 0 aliphatic rings. The Kier molecular flexibility index (Phi) is 7.25. The molecule has 0 fully saturated rings. The van der Waals surface area contributed by atoms with Crippen molar-refractivity contribution in [2.45, 2.75) is 19.8 Å². The number of carbonyl (C=O) groups excluding carboxylic acids is 1. The Labute approximate surface area is 91.7 Å². The molecule has 0 aromatic heterocycles. The largest absolute Gasteiger partial charge is 0.307 e. The molecule has 0 aliphatic carbocycles. The third kappa shape index (κ3) is 8.32. The summed E-state index contributed by atoms with van der Waals surface area (Å²) in [5, 5.41) is 2.84. The van der Waals surface area contributed by atoms with Gasteiger partial charge < -0.3 is 5.32 Å². The molecule has 0 bridgehead atoms. The first-order chi connectivity index (χ1) is 7.02. The van der Waals surface area contributed by atoms with Gasteiger partial charge in [-0.25, -0.2) is 8.42 Å². The third-order valence-electron chi connectivity index (χ3n) is 1.82. The lowest BCUT2D eigenvalue weighted by Gasteiger charge is -2.02. The van der Waals surface area contributed by atoms with E-state index in [-0.39, 0.29) is 30.3 Å². The van der Waals surface area contributed by atoms with Gasteiger partial charge in [-0.05, 0) is 6.42 Å². The highest BCUT2D eigenvalue weighted by Crippen LogP contribution is 1.97. The summed E-state index contributed by atoms with van der Waals surface area (Å²) in [7, 11) is -3.03. The lowest BCUT2D eigenvalue weighted by molar-refractivity contribution is -0.117. The van der Waals surface area contributed by atoms with Crippen molar-refractivity contribution in [3.05, 3.63) is 12.7 Å². The molecular formula is C10H19NO3S. The maximum absolute atomic E-state index is 11.3. The van der Waals surface area contributed by atoms with E-state index in [1.54, 1.807) is 6.08 Å². The van der Waals surface area contributed by atoms with Crippen LogP contribution in [0.15, 0.2) is 12.7 Å². The van der Waals surface area contributed by atoms with Crippen LogP contribution in [-0.2, 0) is 14.6 Å². The number of sulfone groups is 1. The molecule has 0 rings (SSSR count). The van der Waals surface area contributed by atoms with Crippen molar-refractivity contribution in [1.29, 1.82) is 0 Å². The van der Waals surface area contributed by atoms with E-state index < -0.39 is 9.84 Å². The fourth-order valence-corrected chi connectivity index (χ4v) is 2.45. The number of hydrogen-bond donors (Lipinski definition) is 1. The summed E-state index contributed by atoms with van der Waals surface area (Å²) in [6.45, 7) is 6.09. The highest BCUT2D eigenvalue weighted by molar-refractivity contribution is 7.91. The van der Waals surface area contributed by atoms with Crippen LogP contribution in [0, 0.1) is 0 Å². The predicted molar refractivity (Wildman–Crippen MR) is 61.6 cm³/mol. The number of nitrogens with one attached hydrogen (secondary N) is 1. The van der Waals surface area contributed by atoms with Gasteiger partial charge in [0.05, 0.1) is 12.3 Å². The Hall–Kier alpha value is -0.680. The summed E-state index contributed by atoms with van der Waals surface area (Å²) >= 11 is 0. The monoisotopic (exact) mass is 233 g/mol. The maximum atomic E-state index is 11.3. The highest BCUT2D eigenvalue weighted by atomic mass is 32.2. The average Bonchev–Trinajstić information content (AvgIpc) is 2.15. The lowest BCUT2D eigenvalue weighted by Crippen LogP contribution is -2.25. The van der Waals surface area contributed by atoms with Gasteiger partial charge >= 0.3 is 0 Å². The van der Waals surface area contributed by atoms with E-state index in [0.29, 0.717) is 13.0 Å². The summed E-state index contributed by atoms with van der Waals surface area (Å²) in [5.74, 6) is 0.0621. The smallest absolute Gasteiger partial charge is 0.150 e. The summed E-state index contributed by atoms with van der Waals surface area (Å²) < 4.78 is 22.6. The van der Waals surface area contributed by atoms with Crippen molar-refractivity contribution in [2.75, 3.05) is 24.6 Å². The lowest BCUT2D eigenvalue weighted by atomic mass is 10.3. The first-order valence-electron chi connectivity index (χ1n) is 5.05. The molecule has 0 spiro atoms. The summed E-state index contributed by atoms with van der Waals surface area (Å²) in [6.07, 6.45) is 2.36. The summed E-state index contributed by atoms with van der Waals surface area (Å²) in [6, 6.07) is 0. The van der Waals surface area contributed by atoms with Gasteiger partial charge in [0.25, 0.3) is 0 Å². The van der Waals surface area contributed by atoms with Crippen molar-refractivity contribution in [3.63, 3.8) is 0 Å². The van der Waals surface area contributed by atoms with Crippen LogP contribution < -0.4 is 5.32 Å². The topological polar surface area (TPSA) is 63.2 Å². The Bertz CT molecular complexity index is 296. The molecular weight excluding hydrogens is 214 g/mol. The molecule has 1 N–H and O–H groups in total. The Morgan fingerprint density at radius 3 is 2.60 bits per heavy atom. The molecule has 0 saturated carbocycles. The van der Waals surface area contributed by atoms with Crippen LogP contribution in [0.1, 0.15) is 19.8 Å². The summed E-state index contributed by atoms with van der Waals surface area (Å²) in [4.78, 5) is 11.2. The molecule has 88 valence electrons. The van der Waals surface area contributed by atoms with Crippen molar-refractivity contribution >= 4 is 15.6 Å². The van der Waals surface area contributed by atoms with Gasteiger partial charge in [0.2, 0.25) is 0 Å². The minimum absolute atomic E-state index is 0.0323. The fourth-order valence-electron chi connectivity index (χ4n) is 1.08. The van der Waals surface area contributed by atoms with E-state index in [9.17, 15) is 13.2 Å². The predicted octanol–water partition coefficient (Wildman–Crippen LogP) is 0.546. The Morgan fingerprint density at radius 2 is 2.07 bits per heavy atom. The third-order valence-corrected chi connectivity index (χ3v) is 3.67. The molecule has 0 saturated heterocycles. The molecule has 0 amide bonds. The van der Waals surface area contributed by atoms with Crippen LogP contribution in [0.3, 0.4) is 0 Å². The summed E-state index contributed by atoms with van der Waals surface area (Å²) in [5.41, 5.74) is 0. The van der Waals surface area contributed by atoms with E-state index >= 15 is 0 Å². The number of carbonyl (C=O) groups is 1. The number of Topliss-reactive ketones (excluding diaryl/α,β-unsaturated/α-hetero) is 1. The van der Waals surface area contributed by atoms with E-state index in [4.69, 9.17) is 0 Å². The molecule has 0 aromatic rings. The molecule has 0 heterocycles. The zero-order chi connectivity index (χ0) is 11.7. The van der Waals surface area contributed by atoms with Gasteiger partial charge in [-0.3, -0.25) is 4.79 Å². The molecule has 0 aromatic carbocycles. The van der Waals surface area contributed by atoms with Crippen LogP contribution in [0.25, 0.3) is 0 Å². The zero-order valence-electron chi connectivity index (χ0n) is 9.16. The second-order valence-corrected chi connectivity index (χ2v) is 5.66. The highest BCUT2D eigenvalue weighted by Gasteiger charge is 2.11. The minimum atomic E-state index is -3.03. The van der Waals surface area contributed by atoms with E-state index in [2.05, 4.69) is 11.9 Å². The van der Waals surface area contributed by atoms with E-state index in [0.717, 1.165) is 0 Å². The molecule has 15 heavy (non-hydrogen) atoms. The quantitative estimate of drug-likeness (QED) is 0.466. The standard InChI is InChI=1S/C10H19NO3S/c1-3-6-11-9-10(12)5-8-15(13,14)7-4-2/h3,11H,1,4-9H2,2H3. The van der Waals surface area contributed by atoms with E-state index in [1.807, 2.05) is 6.92 Å². The first-order valence-corrected chi connectivity index (χ1v) is 6.87. The number of hydrogen-bond acceptors (Lipinski definition) is 4. The van der Waals surface area contributed by atoms with Gasteiger partial charge in [0, 0.05) is 18.7 Å². The van der Waals surface area contributed by atoms with Crippen LogP contribution in [-0.4, -0.2) is 38.8 Å². The zero-order valence-corrected chi connectivity index (χ0v) is 9.98. The molecule has 0 radical (unpaired) electrons. The molecule has 0 aliphatic heterocycles. The van der Waals surface area contributed by atoms with E-state index in [1.165, 1.54) is 0 Å².